The number of para-hydroxylation sites is 2. The zero-order valence-corrected chi connectivity index (χ0v) is 12.6. The molecule has 0 unspecified atom stereocenters. The highest BCUT2D eigenvalue weighted by Gasteiger charge is 2.15. The molecule has 0 aliphatic rings. The van der Waals surface area contributed by atoms with Gasteiger partial charge in [-0.3, -0.25) is 9.20 Å². The van der Waals surface area contributed by atoms with Crippen LogP contribution in [-0.2, 0) is 0 Å². The predicted octanol–water partition coefficient (Wildman–Crippen LogP) is 3.44. The van der Waals surface area contributed by atoms with E-state index in [-0.39, 0.29) is 12.0 Å². The van der Waals surface area contributed by atoms with Crippen LogP contribution in [0.15, 0.2) is 42.0 Å². The smallest absolute Gasteiger partial charge is 0.273 e. The van der Waals surface area contributed by atoms with E-state index in [1.165, 1.54) is 11.3 Å². The number of carbonyl (C=O) groups excluding carboxylic acids is 1. The van der Waals surface area contributed by atoms with Crippen molar-refractivity contribution >= 4 is 27.9 Å². The largest absolute Gasteiger partial charge is 0.489 e. The molecular formula is C15H15N3O2S. The molecule has 2 heterocycles. The van der Waals surface area contributed by atoms with E-state index in [9.17, 15) is 4.79 Å². The molecule has 2 aromatic heterocycles. The van der Waals surface area contributed by atoms with Crippen LogP contribution in [0.4, 0.5) is 5.69 Å². The number of carbonyl (C=O) groups is 1. The number of hydrogen-bond donors (Lipinski definition) is 1. The summed E-state index contributed by atoms with van der Waals surface area (Å²) in [5.74, 6) is 0.483. The van der Waals surface area contributed by atoms with E-state index in [4.69, 9.17) is 4.74 Å². The molecule has 0 atom stereocenters. The van der Waals surface area contributed by atoms with Crippen molar-refractivity contribution in [2.45, 2.75) is 20.0 Å². The van der Waals surface area contributed by atoms with Crippen LogP contribution >= 0.6 is 11.3 Å². The second kappa shape index (κ2) is 5.57. The van der Waals surface area contributed by atoms with E-state index in [1.807, 2.05) is 38.1 Å². The standard InChI is InChI=1S/C15H15N3O2S/c1-10(2)20-13-6-4-3-5-11(13)17-14(19)12-9-21-15-16-7-8-18(12)15/h3-10H,1-2H3,(H,17,19). The van der Waals surface area contributed by atoms with Gasteiger partial charge in [-0.15, -0.1) is 11.3 Å². The molecule has 0 aliphatic heterocycles. The molecule has 0 spiro atoms. The number of anilines is 1. The third-order valence-electron chi connectivity index (χ3n) is 2.87. The molecule has 3 rings (SSSR count). The molecule has 6 heteroatoms. The SMILES string of the molecule is CC(C)Oc1ccccc1NC(=O)c1csc2nccn12. The highest BCUT2D eigenvalue weighted by molar-refractivity contribution is 7.15. The summed E-state index contributed by atoms with van der Waals surface area (Å²) in [5, 5.41) is 4.69. The molecule has 21 heavy (non-hydrogen) atoms. The predicted molar refractivity (Wildman–Crippen MR) is 83.2 cm³/mol. The summed E-state index contributed by atoms with van der Waals surface area (Å²) in [6.45, 7) is 3.90. The minimum absolute atomic E-state index is 0.0459. The number of ether oxygens (including phenoxy) is 1. The number of fused-ring (bicyclic) bond motifs is 1. The van der Waals surface area contributed by atoms with Gasteiger partial charge in [-0.2, -0.15) is 0 Å². The van der Waals surface area contributed by atoms with Crippen LogP contribution in [0.2, 0.25) is 0 Å². The van der Waals surface area contributed by atoms with E-state index in [2.05, 4.69) is 10.3 Å². The van der Waals surface area contributed by atoms with E-state index in [0.717, 1.165) is 4.96 Å². The molecule has 5 nitrogen and oxygen atoms in total. The quantitative estimate of drug-likeness (QED) is 0.803. The Morgan fingerprint density at radius 3 is 3.00 bits per heavy atom. The average Bonchev–Trinajstić information content (AvgIpc) is 3.02. The molecular weight excluding hydrogens is 286 g/mol. The first kappa shape index (κ1) is 13.6. The van der Waals surface area contributed by atoms with Gasteiger partial charge < -0.3 is 10.1 Å². The van der Waals surface area contributed by atoms with Crippen LogP contribution in [0, 0.1) is 0 Å². The Morgan fingerprint density at radius 2 is 2.19 bits per heavy atom. The molecule has 1 aromatic carbocycles. The van der Waals surface area contributed by atoms with Crippen molar-refractivity contribution in [3.05, 3.63) is 47.7 Å². The van der Waals surface area contributed by atoms with Gasteiger partial charge in [0, 0.05) is 17.8 Å². The van der Waals surface area contributed by atoms with Crippen LogP contribution in [0.1, 0.15) is 24.3 Å². The maximum Gasteiger partial charge on any atom is 0.273 e. The van der Waals surface area contributed by atoms with E-state index in [1.54, 1.807) is 22.2 Å². The molecule has 0 saturated carbocycles. The van der Waals surface area contributed by atoms with Crippen LogP contribution in [0.3, 0.4) is 0 Å². The normalized spacial score (nSPS) is 11.0. The summed E-state index contributed by atoms with van der Waals surface area (Å²) >= 11 is 1.43. The average molecular weight is 301 g/mol. The van der Waals surface area contributed by atoms with Gasteiger partial charge in [0.15, 0.2) is 4.96 Å². The van der Waals surface area contributed by atoms with Gasteiger partial charge in [0.1, 0.15) is 11.4 Å². The molecule has 0 fully saturated rings. The Hall–Kier alpha value is -2.34. The van der Waals surface area contributed by atoms with Crippen molar-refractivity contribution in [1.82, 2.24) is 9.38 Å². The van der Waals surface area contributed by atoms with Crippen LogP contribution in [0.5, 0.6) is 5.75 Å². The Bertz CT molecular complexity index is 776. The first-order valence-electron chi connectivity index (χ1n) is 6.63. The van der Waals surface area contributed by atoms with Gasteiger partial charge in [-0.05, 0) is 26.0 Å². The third-order valence-corrected chi connectivity index (χ3v) is 3.73. The van der Waals surface area contributed by atoms with E-state index >= 15 is 0 Å². The van der Waals surface area contributed by atoms with Gasteiger partial charge in [0.25, 0.3) is 5.91 Å². The zero-order valence-electron chi connectivity index (χ0n) is 11.7. The summed E-state index contributed by atoms with van der Waals surface area (Å²) in [4.78, 5) is 17.4. The number of nitrogens with one attached hydrogen (secondary N) is 1. The van der Waals surface area contributed by atoms with Gasteiger partial charge in [0.05, 0.1) is 11.8 Å². The number of thiazole rings is 1. The lowest BCUT2D eigenvalue weighted by molar-refractivity contribution is 0.102. The van der Waals surface area contributed by atoms with E-state index < -0.39 is 0 Å². The van der Waals surface area contributed by atoms with Crippen molar-refractivity contribution in [2.24, 2.45) is 0 Å². The van der Waals surface area contributed by atoms with Gasteiger partial charge in [-0.1, -0.05) is 12.1 Å². The maximum absolute atomic E-state index is 12.4. The van der Waals surface area contributed by atoms with Gasteiger partial charge >= 0.3 is 0 Å². The van der Waals surface area contributed by atoms with Gasteiger partial charge in [0.2, 0.25) is 0 Å². The Labute approximate surface area is 126 Å². The molecule has 1 N–H and O–H groups in total. The Kier molecular flexibility index (Phi) is 3.62. The third kappa shape index (κ3) is 2.75. The van der Waals surface area contributed by atoms with Crippen molar-refractivity contribution in [2.75, 3.05) is 5.32 Å². The number of aromatic nitrogens is 2. The zero-order chi connectivity index (χ0) is 14.8. The highest BCUT2D eigenvalue weighted by Crippen LogP contribution is 2.26. The summed E-state index contributed by atoms with van der Waals surface area (Å²) < 4.78 is 7.47. The lowest BCUT2D eigenvalue weighted by atomic mass is 10.2. The molecule has 108 valence electrons. The number of hydrogen-bond acceptors (Lipinski definition) is 4. The van der Waals surface area contributed by atoms with Crippen molar-refractivity contribution in [3.63, 3.8) is 0 Å². The van der Waals surface area contributed by atoms with E-state index in [0.29, 0.717) is 17.1 Å². The summed E-state index contributed by atoms with van der Waals surface area (Å²) in [6, 6.07) is 7.42. The fraction of sp³-hybridized carbons (Fsp3) is 0.200. The molecule has 0 bridgehead atoms. The topological polar surface area (TPSA) is 55.6 Å². The summed E-state index contributed by atoms with van der Waals surface area (Å²) in [6.07, 6.45) is 3.50. The van der Waals surface area contributed by atoms with Crippen LogP contribution in [0.25, 0.3) is 4.96 Å². The van der Waals surface area contributed by atoms with Crippen molar-refractivity contribution in [1.29, 1.82) is 0 Å². The fourth-order valence-electron chi connectivity index (χ4n) is 2.00. The van der Waals surface area contributed by atoms with Gasteiger partial charge in [-0.25, -0.2) is 4.98 Å². The van der Waals surface area contributed by atoms with Crippen molar-refractivity contribution < 1.29 is 9.53 Å². The number of benzene rings is 1. The number of nitrogens with zero attached hydrogens (tertiary/aromatic N) is 2. The minimum atomic E-state index is -0.181. The number of imidazole rings is 1. The molecule has 0 aliphatic carbocycles. The lowest BCUT2D eigenvalue weighted by Gasteiger charge is -2.14. The minimum Gasteiger partial charge on any atom is -0.489 e. The molecule has 0 saturated heterocycles. The lowest BCUT2D eigenvalue weighted by Crippen LogP contribution is -2.15. The summed E-state index contributed by atoms with van der Waals surface area (Å²) in [5.41, 5.74) is 1.22. The highest BCUT2D eigenvalue weighted by atomic mass is 32.1. The Morgan fingerprint density at radius 1 is 1.38 bits per heavy atom. The molecule has 1 amide bonds. The Balaban J connectivity index is 1.87. The first-order valence-corrected chi connectivity index (χ1v) is 7.50. The maximum atomic E-state index is 12.4. The number of amides is 1. The molecule has 3 aromatic rings. The summed E-state index contributed by atoms with van der Waals surface area (Å²) in [7, 11) is 0. The first-order chi connectivity index (χ1) is 10.1. The van der Waals surface area contributed by atoms with Crippen LogP contribution < -0.4 is 10.1 Å². The van der Waals surface area contributed by atoms with Crippen LogP contribution in [-0.4, -0.2) is 21.4 Å². The number of rotatable bonds is 4. The fourth-order valence-corrected chi connectivity index (χ4v) is 2.83. The molecule has 0 radical (unpaired) electrons. The second-order valence-electron chi connectivity index (χ2n) is 4.82. The monoisotopic (exact) mass is 301 g/mol. The second-order valence-corrected chi connectivity index (χ2v) is 5.65. The van der Waals surface area contributed by atoms with Crippen molar-refractivity contribution in [3.8, 4) is 5.75 Å².